The Kier molecular flexibility index (Phi) is 6.36. The molecule has 0 saturated carbocycles. The molecule has 0 unspecified atom stereocenters. The van der Waals surface area contributed by atoms with Crippen molar-refractivity contribution in [3.63, 3.8) is 0 Å². The fraction of sp³-hybridized carbons (Fsp3) is 0.435. The molecule has 1 aromatic carbocycles. The summed E-state index contributed by atoms with van der Waals surface area (Å²) < 4.78 is 10.5. The molecular formula is C23H31N3O3. The zero-order chi connectivity index (χ0) is 22.0. The lowest BCUT2D eigenvalue weighted by molar-refractivity contribution is -0.135. The number of hydrogen-bond donors (Lipinski definition) is 2. The lowest BCUT2D eigenvalue weighted by Gasteiger charge is -2.28. The van der Waals surface area contributed by atoms with E-state index in [9.17, 15) is 4.79 Å². The van der Waals surface area contributed by atoms with Gasteiger partial charge in [-0.2, -0.15) is 5.10 Å². The summed E-state index contributed by atoms with van der Waals surface area (Å²) in [5.74, 6) is 0.244. The van der Waals surface area contributed by atoms with Crippen LogP contribution in [-0.2, 0) is 20.4 Å². The van der Waals surface area contributed by atoms with Crippen molar-refractivity contribution in [2.24, 2.45) is 5.10 Å². The number of hydrogen-bond acceptors (Lipinski definition) is 6. The van der Waals surface area contributed by atoms with Gasteiger partial charge in [-0.05, 0) is 40.7 Å². The van der Waals surface area contributed by atoms with E-state index in [1.165, 1.54) is 19.3 Å². The highest BCUT2D eigenvalue weighted by Gasteiger charge is 2.26. The molecule has 1 aliphatic carbocycles. The lowest BCUT2D eigenvalue weighted by atomic mass is 9.79. The molecule has 0 aliphatic heterocycles. The molecule has 29 heavy (non-hydrogen) atoms. The van der Waals surface area contributed by atoms with Crippen LogP contribution in [0.1, 0.15) is 52.7 Å². The molecule has 0 aromatic heterocycles. The molecule has 0 atom stereocenters. The molecular weight excluding hydrogens is 366 g/mol. The number of allylic oxidation sites excluding steroid dienone is 2. The molecule has 1 aliphatic rings. The van der Waals surface area contributed by atoms with Crippen LogP contribution in [0.5, 0.6) is 5.75 Å². The summed E-state index contributed by atoms with van der Waals surface area (Å²) in [6.45, 7) is 12.9. The smallest absolute Gasteiger partial charge is 0.337 e. The molecule has 156 valence electrons. The minimum absolute atomic E-state index is 0.0614. The van der Waals surface area contributed by atoms with E-state index >= 15 is 0 Å². The number of benzene rings is 1. The molecule has 0 heterocycles. The summed E-state index contributed by atoms with van der Waals surface area (Å²) in [5, 5.41) is 12.5. The standard InChI is InChI=1S/C23H31N3O3/c1-22(2,3)15-12-16(23(4,5)6)20(28-7)19(13-15)26-25-18-11-14(21(27)29-8)9-10-17(18)24/h9-13,24,26H,1-8H3/b24-17?,25-18-. The van der Waals surface area contributed by atoms with Crippen molar-refractivity contribution in [3.05, 3.63) is 47.1 Å². The van der Waals surface area contributed by atoms with Crippen molar-refractivity contribution in [2.75, 3.05) is 19.6 Å². The summed E-state index contributed by atoms with van der Waals surface area (Å²) in [6.07, 6.45) is 4.60. The van der Waals surface area contributed by atoms with E-state index in [4.69, 9.17) is 14.9 Å². The first-order valence-corrected chi connectivity index (χ1v) is 9.52. The van der Waals surface area contributed by atoms with Gasteiger partial charge in [-0.1, -0.05) is 47.6 Å². The van der Waals surface area contributed by atoms with Gasteiger partial charge in [-0.15, -0.1) is 0 Å². The van der Waals surface area contributed by atoms with E-state index < -0.39 is 5.97 Å². The second-order valence-corrected chi connectivity index (χ2v) is 9.05. The van der Waals surface area contributed by atoms with Gasteiger partial charge in [0.1, 0.15) is 11.5 Å². The van der Waals surface area contributed by atoms with Crippen molar-refractivity contribution < 1.29 is 14.3 Å². The average Bonchev–Trinajstić information content (AvgIpc) is 2.64. The Hall–Kier alpha value is -2.89. The predicted molar refractivity (Wildman–Crippen MR) is 118 cm³/mol. The van der Waals surface area contributed by atoms with Gasteiger partial charge in [0.25, 0.3) is 0 Å². The van der Waals surface area contributed by atoms with Crippen molar-refractivity contribution in [1.29, 1.82) is 5.41 Å². The highest BCUT2D eigenvalue weighted by atomic mass is 16.5. The van der Waals surface area contributed by atoms with E-state index in [-0.39, 0.29) is 16.5 Å². The maximum absolute atomic E-state index is 11.8. The van der Waals surface area contributed by atoms with Crippen molar-refractivity contribution >= 4 is 23.1 Å². The van der Waals surface area contributed by atoms with Gasteiger partial charge in [-0.3, -0.25) is 10.8 Å². The van der Waals surface area contributed by atoms with Gasteiger partial charge >= 0.3 is 5.97 Å². The Labute approximate surface area is 173 Å². The third kappa shape index (κ3) is 5.13. The molecule has 0 radical (unpaired) electrons. The number of anilines is 1. The van der Waals surface area contributed by atoms with Crippen LogP contribution in [0.25, 0.3) is 0 Å². The van der Waals surface area contributed by atoms with Crippen molar-refractivity contribution in [3.8, 4) is 5.75 Å². The zero-order valence-corrected chi connectivity index (χ0v) is 18.6. The van der Waals surface area contributed by atoms with Gasteiger partial charge in [0.05, 0.1) is 31.2 Å². The molecule has 0 spiro atoms. The highest BCUT2D eigenvalue weighted by Crippen LogP contribution is 2.41. The fourth-order valence-electron chi connectivity index (χ4n) is 2.91. The van der Waals surface area contributed by atoms with Crippen LogP contribution in [-0.4, -0.2) is 31.6 Å². The average molecular weight is 398 g/mol. The number of carbonyl (C=O) groups excluding carboxylic acids is 1. The first-order valence-electron chi connectivity index (χ1n) is 9.52. The van der Waals surface area contributed by atoms with Crippen molar-refractivity contribution in [1.82, 2.24) is 0 Å². The Bertz CT molecular complexity index is 911. The van der Waals surface area contributed by atoms with Crippen LogP contribution in [0.3, 0.4) is 0 Å². The van der Waals surface area contributed by atoms with E-state index in [2.05, 4.69) is 58.1 Å². The molecule has 2 rings (SSSR count). The first kappa shape index (κ1) is 22.4. The molecule has 2 N–H and O–H groups in total. The molecule has 0 saturated heterocycles. The minimum Gasteiger partial charge on any atom is -0.494 e. The quantitative estimate of drug-likeness (QED) is 0.436. The lowest BCUT2D eigenvalue weighted by Crippen LogP contribution is -2.19. The van der Waals surface area contributed by atoms with Gasteiger partial charge in [0, 0.05) is 5.56 Å². The van der Waals surface area contributed by atoms with Gasteiger partial charge < -0.3 is 9.47 Å². The number of methoxy groups -OCH3 is 2. The summed E-state index contributed by atoms with van der Waals surface area (Å²) >= 11 is 0. The Morgan fingerprint density at radius 1 is 1.03 bits per heavy atom. The number of hydrazone groups is 1. The zero-order valence-electron chi connectivity index (χ0n) is 18.6. The SMILES string of the molecule is COC(=O)C1=C/C(=N/Nc2cc(C(C)(C)C)cc(C(C)(C)C)c2OC)C(=N)C=C1. The second kappa shape index (κ2) is 8.23. The number of rotatable bonds is 4. The monoisotopic (exact) mass is 397 g/mol. The molecule has 0 bridgehead atoms. The highest BCUT2D eigenvalue weighted by molar-refractivity contribution is 6.51. The molecule has 0 fully saturated rings. The van der Waals surface area contributed by atoms with E-state index in [1.54, 1.807) is 13.2 Å². The van der Waals surface area contributed by atoms with Crippen LogP contribution in [0.15, 0.2) is 41.0 Å². The fourth-order valence-corrected chi connectivity index (χ4v) is 2.91. The summed E-state index contributed by atoms with van der Waals surface area (Å²) in [4.78, 5) is 11.8. The third-order valence-electron chi connectivity index (χ3n) is 4.68. The Morgan fingerprint density at radius 3 is 2.21 bits per heavy atom. The third-order valence-corrected chi connectivity index (χ3v) is 4.68. The molecule has 6 nitrogen and oxygen atoms in total. The molecule has 0 amide bonds. The Balaban J connectivity index is 2.55. The van der Waals surface area contributed by atoms with Crippen LogP contribution < -0.4 is 10.2 Å². The number of carbonyl (C=O) groups is 1. The Morgan fingerprint density at radius 2 is 1.69 bits per heavy atom. The predicted octanol–water partition coefficient (Wildman–Crippen LogP) is 4.75. The van der Waals surface area contributed by atoms with E-state index in [0.717, 1.165) is 11.1 Å². The van der Waals surface area contributed by atoms with Crippen LogP contribution in [0.2, 0.25) is 0 Å². The topological polar surface area (TPSA) is 83.8 Å². The number of nitrogens with one attached hydrogen (secondary N) is 2. The number of nitrogens with zero attached hydrogens (tertiary/aromatic N) is 1. The van der Waals surface area contributed by atoms with Gasteiger partial charge in [0.15, 0.2) is 0 Å². The van der Waals surface area contributed by atoms with Crippen molar-refractivity contribution in [2.45, 2.75) is 52.4 Å². The first-order chi connectivity index (χ1) is 13.4. The van der Waals surface area contributed by atoms with Gasteiger partial charge in [-0.25, -0.2) is 4.79 Å². The van der Waals surface area contributed by atoms with Crippen LogP contribution >= 0.6 is 0 Å². The van der Waals surface area contributed by atoms with E-state index in [0.29, 0.717) is 22.7 Å². The maximum Gasteiger partial charge on any atom is 0.337 e. The van der Waals surface area contributed by atoms with Crippen LogP contribution in [0, 0.1) is 5.41 Å². The number of ether oxygens (including phenoxy) is 2. The minimum atomic E-state index is -0.469. The maximum atomic E-state index is 11.8. The second-order valence-electron chi connectivity index (χ2n) is 9.05. The van der Waals surface area contributed by atoms with Gasteiger partial charge in [0.2, 0.25) is 0 Å². The largest absolute Gasteiger partial charge is 0.494 e. The normalized spacial score (nSPS) is 15.9. The summed E-state index contributed by atoms with van der Waals surface area (Å²) in [5.41, 5.74) is 6.68. The summed E-state index contributed by atoms with van der Waals surface area (Å²) in [7, 11) is 2.96. The van der Waals surface area contributed by atoms with E-state index in [1.807, 2.05) is 6.07 Å². The van der Waals surface area contributed by atoms with Crippen LogP contribution in [0.4, 0.5) is 5.69 Å². The summed E-state index contributed by atoms with van der Waals surface area (Å²) in [6, 6.07) is 4.20. The molecule has 1 aromatic rings. The number of esters is 1. The molecule has 6 heteroatoms.